The van der Waals surface area contributed by atoms with Crippen molar-refractivity contribution in [1.29, 1.82) is 0 Å². The first-order valence-corrected chi connectivity index (χ1v) is 7.66. The summed E-state index contributed by atoms with van der Waals surface area (Å²) in [5, 5.41) is 7.64. The maximum atomic E-state index is 12.9. The third kappa shape index (κ3) is 2.35. The van der Waals surface area contributed by atoms with Gasteiger partial charge in [-0.2, -0.15) is 5.10 Å². The lowest BCUT2D eigenvalue weighted by molar-refractivity contribution is -0.144. The van der Waals surface area contributed by atoms with Gasteiger partial charge in [-0.25, -0.2) is 0 Å². The van der Waals surface area contributed by atoms with Crippen LogP contribution < -0.4 is 5.32 Å². The number of carbonyl (C=O) groups is 1. The van der Waals surface area contributed by atoms with E-state index in [2.05, 4.69) is 10.4 Å². The van der Waals surface area contributed by atoms with E-state index in [0.29, 0.717) is 11.8 Å². The van der Waals surface area contributed by atoms with Gasteiger partial charge >= 0.3 is 0 Å². The first-order chi connectivity index (χ1) is 9.72. The van der Waals surface area contributed by atoms with Gasteiger partial charge in [0.1, 0.15) is 0 Å². The van der Waals surface area contributed by atoms with Gasteiger partial charge in [0.15, 0.2) is 0 Å². The SMILES string of the molecule is CN(CCn1cccn1)C(=O)[C@@]12CCCC[C@H]1CNC2. The molecule has 5 nitrogen and oxygen atoms in total. The second-order valence-electron chi connectivity index (χ2n) is 6.23. The number of hydrogen-bond acceptors (Lipinski definition) is 3. The molecule has 1 aromatic heterocycles. The third-order valence-corrected chi connectivity index (χ3v) is 5.03. The van der Waals surface area contributed by atoms with Crippen molar-refractivity contribution in [2.45, 2.75) is 32.2 Å². The number of likely N-dealkylation sites (N-methyl/N-ethyl adjacent to an activating group) is 1. The maximum absolute atomic E-state index is 12.9. The van der Waals surface area contributed by atoms with Gasteiger partial charge in [-0.3, -0.25) is 9.48 Å². The Morgan fingerprint density at radius 3 is 3.25 bits per heavy atom. The lowest BCUT2D eigenvalue weighted by Gasteiger charge is -2.39. The van der Waals surface area contributed by atoms with Gasteiger partial charge < -0.3 is 10.2 Å². The summed E-state index contributed by atoms with van der Waals surface area (Å²) in [6, 6.07) is 1.92. The van der Waals surface area contributed by atoms with Gasteiger partial charge in [-0.1, -0.05) is 12.8 Å². The maximum Gasteiger partial charge on any atom is 0.230 e. The van der Waals surface area contributed by atoms with Gasteiger partial charge in [0.2, 0.25) is 5.91 Å². The fourth-order valence-corrected chi connectivity index (χ4v) is 3.84. The van der Waals surface area contributed by atoms with Crippen molar-refractivity contribution in [1.82, 2.24) is 20.0 Å². The molecule has 0 spiro atoms. The number of nitrogens with one attached hydrogen (secondary N) is 1. The number of aromatic nitrogens is 2. The van der Waals surface area contributed by atoms with E-state index in [1.54, 1.807) is 6.20 Å². The Bertz CT molecular complexity index is 458. The zero-order valence-corrected chi connectivity index (χ0v) is 12.2. The van der Waals surface area contributed by atoms with Crippen LogP contribution in [0.4, 0.5) is 0 Å². The summed E-state index contributed by atoms with van der Waals surface area (Å²) in [6.07, 6.45) is 8.44. The molecule has 1 saturated heterocycles. The first kappa shape index (κ1) is 13.6. The largest absolute Gasteiger partial charge is 0.343 e. The standard InChI is InChI=1S/C15H24N4O/c1-18(9-10-19-8-4-7-17-19)14(20)15-6-3-2-5-13(15)11-16-12-15/h4,7-8,13,16H,2-3,5-6,9-12H2,1H3/t13-,15+/m0/s1. The Morgan fingerprint density at radius 2 is 2.45 bits per heavy atom. The Hall–Kier alpha value is -1.36. The molecule has 2 aliphatic rings. The molecule has 20 heavy (non-hydrogen) atoms. The van der Waals surface area contributed by atoms with Crippen LogP contribution in [0.5, 0.6) is 0 Å². The number of hydrogen-bond donors (Lipinski definition) is 1. The van der Waals surface area contributed by atoms with Gasteiger partial charge in [-0.05, 0) is 31.4 Å². The molecule has 0 bridgehead atoms. The molecule has 1 aromatic rings. The first-order valence-electron chi connectivity index (χ1n) is 7.66. The smallest absolute Gasteiger partial charge is 0.230 e. The molecular formula is C15H24N4O. The molecular weight excluding hydrogens is 252 g/mol. The fourth-order valence-electron chi connectivity index (χ4n) is 3.84. The molecule has 1 N–H and O–H groups in total. The molecule has 2 heterocycles. The van der Waals surface area contributed by atoms with Gasteiger partial charge in [0.05, 0.1) is 12.0 Å². The van der Waals surface area contributed by atoms with Crippen LogP contribution in [0.1, 0.15) is 25.7 Å². The zero-order valence-electron chi connectivity index (χ0n) is 12.2. The number of amides is 1. The molecule has 1 aliphatic carbocycles. The highest BCUT2D eigenvalue weighted by molar-refractivity contribution is 5.83. The lowest BCUT2D eigenvalue weighted by Crippen LogP contribution is -2.49. The normalized spacial score (nSPS) is 29.1. The quantitative estimate of drug-likeness (QED) is 0.896. The number of rotatable bonds is 4. The molecule has 1 amide bonds. The minimum Gasteiger partial charge on any atom is -0.343 e. The molecule has 1 saturated carbocycles. The van der Waals surface area contributed by atoms with Crippen molar-refractivity contribution in [3.8, 4) is 0 Å². The average molecular weight is 276 g/mol. The monoisotopic (exact) mass is 276 g/mol. The van der Waals surface area contributed by atoms with E-state index in [0.717, 1.165) is 32.6 Å². The van der Waals surface area contributed by atoms with Crippen LogP contribution in [0.2, 0.25) is 0 Å². The summed E-state index contributed by atoms with van der Waals surface area (Å²) >= 11 is 0. The highest BCUT2D eigenvalue weighted by atomic mass is 16.2. The molecule has 2 atom stereocenters. The Morgan fingerprint density at radius 1 is 1.55 bits per heavy atom. The second kappa shape index (κ2) is 5.56. The van der Waals surface area contributed by atoms with Crippen molar-refractivity contribution in [2.24, 2.45) is 11.3 Å². The Kier molecular flexibility index (Phi) is 3.78. The summed E-state index contributed by atoms with van der Waals surface area (Å²) in [4.78, 5) is 14.8. The predicted molar refractivity (Wildman–Crippen MR) is 77.1 cm³/mol. The third-order valence-electron chi connectivity index (χ3n) is 5.03. The lowest BCUT2D eigenvalue weighted by atomic mass is 9.67. The van der Waals surface area contributed by atoms with Gasteiger partial charge in [0.25, 0.3) is 0 Å². The Balaban J connectivity index is 1.64. The molecule has 5 heteroatoms. The van der Waals surface area contributed by atoms with Crippen molar-refractivity contribution >= 4 is 5.91 Å². The van der Waals surface area contributed by atoms with Crippen LogP contribution in [0.3, 0.4) is 0 Å². The molecule has 110 valence electrons. The highest BCUT2D eigenvalue weighted by Crippen LogP contribution is 2.44. The molecule has 2 fully saturated rings. The summed E-state index contributed by atoms with van der Waals surface area (Å²) < 4.78 is 1.88. The number of fused-ring (bicyclic) bond motifs is 1. The van der Waals surface area contributed by atoms with E-state index in [1.165, 1.54) is 19.3 Å². The molecule has 0 unspecified atom stereocenters. The van der Waals surface area contributed by atoms with Gasteiger partial charge in [0, 0.05) is 32.5 Å². The molecule has 1 aliphatic heterocycles. The van der Waals surface area contributed by atoms with Crippen molar-refractivity contribution in [3.05, 3.63) is 18.5 Å². The molecule has 3 rings (SSSR count). The van der Waals surface area contributed by atoms with Gasteiger partial charge in [-0.15, -0.1) is 0 Å². The van der Waals surface area contributed by atoms with E-state index in [9.17, 15) is 4.79 Å². The van der Waals surface area contributed by atoms with Crippen LogP contribution >= 0.6 is 0 Å². The van der Waals surface area contributed by atoms with Crippen LogP contribution in [0.25, 0.3) is 0 Å². The number of nitrogens with zero attached hydrogens (tertiary/aromatic N) is 3. The zero-order chi connectivity index (χ0) is 14.0. The average Bonchev–Trinajstić information content (AvgIpc) is 3.13. The Labute approximate surface area is 120 Å². The van der Waals surface area contributed by atoms with Crippen LogP contribution in [-0.4, -0.2) is 47.3 Å². The van der Waals surface area contributed by atoms with E-state index in [-0.39, 0.29) is 5.41 Å². The minimum atomic E-state index is -0.128. The molecule has 0 radical (unpaired) electrons. The summed E-state index contributed by atoms with van der Waals surface area (Å²) in [5.74, 6) is 0.871. The van der Waals surface area contributed by atoms with Crippen molar-refractivity contribution in [3.63, 3.8) is 0 Å². The van der Waals surface area contributed by atoms with Crippen LogP contribution in [0.15, 0.2) is 18.5 Å². The summed E-state index contributed by atoms with van der Waals surface area (Å²) in [5.41, 5.74) is -0.128. The van der Waals surface area contributed by atoms with Crippen LogP contribution in [0, 0.1) is 11.3 Å². The van der Waals surface area contributed by atoms with Crippen LogP contribution in [-0.2, 0) is 11.3 Å². The highest BCUT2D eigenvalue weighted by Gasteiger charge is 2.50. The van der Waals surface area contributed by atoms with Crippen molar-refractivity contribution in [2.75, 3.05) is 26.7 Å². The predicted octanol–water partition coefficient (Wildman–Crippen LogP) is 1.12. The fraction of sp³-hybridized carbons (Fsp3) is 0.733. The van der Waals surface area contributed by atoms with E-state index >= 15 is 0 Å². The summed E-state index contributed by atoms with van der Waals surface area (Å²) in [7, 11) is 1.94. The van der Waals surface area contributed by atoms with E-state index < -0.39 is 0 Å². The van der Waals surface area contributed by atoms with Crippen molar-refractivity contribution < 1.29 is 4.79 Å². The molecule has 0 aromatic carbocycles. The van der Waals surface area contributed by atoms with E-state index in [1.807, 2.05) is 28.9 Å². The topological polar surface area (TPSA) is 50.2 Å². The van der Waals surface area contributed by atoms with E-state index in [4.69, 9.17) is 0 Å². The second-order valence-corrected chi connectivity index (χ2v) is 6.23. The minimum absolute atomic E-state index is 0.128. The summed E-state index contributed by atoms with van der Waals surface area (Å²) in [6.45, 7) is 3.37. The number of carbonyl (C=O) groups excluding carboxylic acids is 1.